The largest absolute Gasteiger partial charge is 0.384 e. The fraction of sp³-hybridized carbons (Fsp3) is 0.545. The number of anilines is 1. The molecule has 0 spiro atoms. The third kappa shape index (κ3) is 4.23. The maximum absolute atomic E-state index is 5.57. The van der Waals surface area contributed by atoms with Crippen molar-refractivity contribution in [2.75, 3.05) is 18.9 Å². The Bertz CT molecular complexity index is 263. The van der Waals surface area contributed by atoms with Crippen LogP contribution in [0.1, 0.15) is 25.3 Å². The summed E-state index contributed by atoms with van der Waals surface area (Å²) in [7, 11) is 0. The average molecular weight is 194 g/mol. The number of rotatable bonds is 6. The van der Waals surface area contributed by atoms with Crippen LogP contribution < -0.4 is 5.73 Å². The third-order valence-corrected chi connectivity index (χ3v) is 2.05. The van der Waals surface area contributed by atoms with E-state index in [9.17, 15) is 0 Å². The molecule has 1 rings (SSSR count). The molecule has 3 heteroatoms. The number of nitrogen functional groups attached to an aromatic ring is 1. The van der Waals surface area contributed by atoms with Gasteiger partial charge < -0.3 is 10.5 Å². The van der Waals surface area contributed by atoms with E-state index in [4.69, 9.17) is 10.5 Å². The van der Waals surface area contributed by atoms with Crippen LogP contribution in [0.4, 0.5) is 5.82 Å². The molecule has 14 heavy (non-hydrogen) atoms. The van der Waals surface area contributed by atoms with Crippen molar-refractivity contribution in [2.24, 2.45) is 0 Å². The number of hydrogen-bond donors (Lipinski definition) is 1. The van der Waals surface area contributed by atoms with E-state index in [1.807, 2.05) is 19.1 Å². The monoisotopic (exact) mass is 194 g/mol. The van der Waals surface area contributed by atoms with E-state index in [0.29, 0.717) is 5.82 Å². The van der Waals surface area contributed by atoms with Gasteiger partial charge in [0.25, 0.3) is 0 Å². The highest BCUT2D eigenvalue weighted by Gasteiger charge is 1.94. The van der Waals surface area contributed by atoms with Gasteiger partial charge in [-0.05, 0) is 43.9 Å². The average Bonchev–Trinajstić information content (AvgIpc) is 2.18. The first-order valence-electron chi connectivity index (χ1n) is 5.11. The molecule has 2 N–H and O–H groups in total. The van der Waals surface area contributed by atoms with Gasteiger partial charge in [-0.25, -0.2) is 4.98 Å². The van der Waals surface area contributed by atoms with E-state index in [1.165, 1.54) is 5.56 Å². The van der Waals surface area contributed by atoms with Crippen LogP contribution in [0.2, 0.25) is 0 Å². The Labute approximate surface area is 85.3 Å². The molecule has 0 fully saturated rings. The highest BCUT2D eigenvalue weighted by molar-refractivity contribution is 5.31. The minimum Gasteiger partial charge on any atom is -0.384 e. The molecular weight excluding hydrogens is 176 g/mol. The lowest BCUT2D eigenvalue weighted by atomic mass is 10.1. The van der Waals surface area contributed by atoms with Crippen LogP contribution in [0, 0.1) is 0 Å². The molecule has 1 aromatic heterocycles. The number of pyridine rings is 1. The van der Waals surface area contributed by atoms with E-state index in [2.05, 4.69) is 4.98 Å². The predicted octanol–water partition coefficient (Wildman–Crippen LogP) is 2.02. The van der Waals surface area contributed by atoms with Crippen LogP contribution in [-0.4, -0.2) is 18.2 Å². The van der Waals surface area contributed by atoms with Crippen molar-refractivity contribution in [3.8, 4) is 0 Å². The lowest BCUT2D eigenvalue weighted by Gasteiger charge is -2.02. The summed E-state index contributed by atoms with van der Waals surface area (Å²) < 4.78 is 5.26. The van der Waals surface area contributed by atoms with Gasteiger partial charge >= 0.3 is 0 Å². The van der Waals surface area contributed by atoms with Crippen LogP contribution in [0.15, 0.2) is 18.3 Å². The quantitative estimate of drug-likeness (QED) is 0.705. The van der Waals surface area contributed by atoms with Crippen molar-refractivity contribution in [1.82, 2.24) is 4.98 Å². The summed E-state index contributed by atoms with van der Waals surface area (Å²) in [5.41, 5.74) is 6.83. The number of ether oxygens (including phenoxy) is 1. The zero-order valence-electron chi connectivity index (χ0n) is 8.70. The highest BCUT2D eigenvalue weighted by atomic mass is 16.5. The standard InChI is InChI=1S/C11H18N2O/c1-2-14-8-4-3-5-10-6-7-13-11(12)9-10/h6-7,9H,2-5,8H2,1H3,(H2,12,13). The SMILES string of the molecule is CCOCCCCc1ccnc(N)c1. The maximum atomic E-state index is 5.57. The molecule has 1 aromatic rings. The Kier molecular flexibility index (Phi) is 5.00. The molecule has 3 nitrogen and oxygen atoms in total. The molecule has 0 atom stereocenters. The molecule has 0 amide bonds. The minimum absolute atomic E-state index is 0.604. The predicted molar refractivity (Wildman–Crippen MR) is 58.1 cm³/mol. The van der Waals surface area contributed by atoms with Crippen molar-refractivity contribution in [3.63, 3.8) is 0 Å². The van der Waals surface area contributed by atoms with E-state index in [-0.39, 0.29) is 0 Å². The van der Waals surface area contributed by atoms with E-state index < -0.39 is 0 Å². The van der Waals surface area contributed by atoms with Crippen LogP contribution in [0.25, 0.3) is 0 Å². The molecule has 0 aliphatic heterocycles. The molecule has 0 unspecified atom stereocenters. The molecule has 0 radical (unpaired) electrons. The van der Waals surface area contributed by atoms with Gasteiger partial charge in [-0.15, -0.1) is 0 Å². The lowest BCUT2D eigenvalue weighted by Crippen LogP contribution is -1.96. The van der Waals surface area contributed by atoms with Gasteiger partial charge in [0.2, 0.25) is 0 Å². The first-order valence-corrected chi connectivity index (χ1v) is 5.11. The zero-order chi connectivity index (χ0) is 10.2. The molecule has 0 aliphatic rings. The fourth-order valence-electron chi connectivity index (χ4n) is 1.33. The summed E-state index contributed by atoms with van der Waals surface area (Å²) in [5.74, 6) is 0.604. The second kappa shape index (κ2) is 6.38. The van der Waals surface area contributed by atoms with Crippen molar-refractivity contribution in [3.05, 3.63) is 23.9 Å². The van der Waals surface area contributed by atoms with E-state index >= 15 is 0 Å². The van der Waals surface area contributed by atoms with Crippen molar-refractivity contribution >= 4 is 5.82 Å². The number of aryl methyl sites for hydroxylation is 1. The summed E-state index contributed by atoms with van der Waals surface area (Å²) in [4.78, 5) is 3.95. The molecule has 0 saturated carbocycles. The Morgan fingerprint density at radius 2 is 2.29 bits per heavy atom. The van der Waals surface area contributed by atoms with Crippen molar-refractivity contribution < 1.29 is 4.74 Å². The van der Waals surface area contributed by atoms with Crippen molar-refractivity contribution in [2.45, 2.75) is 26.2 Å². The summed E-state index contributed by atoms with van der Waals surface area (Å²) in [6.07, 6.45) is 5.06. The normalized spacial score (nSPS) is 10.4. The smallest absolute Gasteiger partial charge is 0.123 e. The fourth-order valence-corrected chi connectivity index (χ4v) is 1.33. The van der Waals surface area contributed by atoms with Gasteiger partial charge in [0.05, 0.1) is 0 Å². The summed E-state index contributed by atoms with van der Waals surface area (Å²) in [5, 5.41) is 0. The van der Waals surface area contributed by atoms with Gasteiger partial charge in [-0.2, -0.15) is 0 Å². The Balaban J connectivity index is 2.18. The first-order chi connectivity index (χ1) is 6.83. The molecule has 0 aliphatic carbocycles. The zero-order valence-corrected chi connectivity index (χ0v) is 8.70. The number of nitrogens with zero attached hydrogens (tertiary/aromatic N) is 1. The third-order valence-electron chi connectivity index (χ3n) is 2.05. The van der Waals surface area contributed by atoms with Gasteiger partial charge in [0, 0.05) is 19.4 Å². The molecule has 0 aromatic carbocycles. The maximum Gasteiger partial charge on any atom is 0.123 e. The highest BCUT2D eigenvalue weighted by Crippen LogP contribution is 2.07. The minimum atomic E-state index is 0.604. The lowest BCUT2D eigenvalue weighted by molar-refractivity contribution is 0.143. The molecular formula is C11H18N2O. The van der Waals surface area contributed by atoms with Gasteiger partial charge in [0.15, 0.2) is 0 Å². The number of aromatic nitrogens is 1. The van der Waals surface area contributed by atoms with Crippen LogP contribution in [-0.2, 0) is 11.2 Å². The molecule has 0 saturated heterocycles. The number of unbranched alkanes of at least 4 members (excludes halogenated alkanes) is 1. The first kappa shape index (κ1) is 11.0. The van der Waals surface area contributed by atoms with E-state index in [1.54, 1.807) is 6.20 Å². The van der Waals surface area contributed by atoms with Gasteiger partial charge in [-0.3, -0.25) is 0 Å². The topological polar surface area (TPSA) is 48.1 Å². The summed E-state index contributed by atoms with van der Waals surface area (Å²) in [6, 6.07) is 3.94. The van der Waals surface area contributed by atoms with E-state index in [0.717, 1.165) is 32.5 Å². The molecule has 1 heterocycles. The van der Waals surface area contributed by atoms with Gasteiger partial charge in [-0.1, -0.05) is 0 Å². The second-order valence-corrected chi connectivity index (χ2v) is 3.24. The summed E-state index contributed by atoms with van der Waals surface area (Å²) >= 11 is 0. The molecule has 0 bridgehead atoms. The number of hydrogen-bond acceptors (Lipinski definition) is 3. The second-order valence-electron chi connectivity index (χ2n) is 3.24. The summed E-state index contributed by atoms with van der Waals surface area (Å²) in [6.45, 7) is 3.68. The van der Waals surface area contributed by atoms with Crippen molar-refractivity contribution in [1.29, 1.82) is 0 Å². The van der Waals surface area contributed by atoms with Gasteiger partial charge in [0.1, 0.15) is 5.82 Å². The van der Waals surface area contributed by atoms with Crippen LogP contribution in [0.5, 0.6) is 0 Å². The Morgan fingerprint density at radius 3 is 3.00 bits per heavy atom. The number of nitrogens with two attached hydrogens (primary N) is 1. The Hall–Kier alpha value is -1.09. The van der Waals surface area contributed by atoms with Crippen LogP contribution >= 0.6 is 0 Å². The Morgan fingerprint density at radius 1 is 1.43 bits per heavy atom. The molecule has 78 valence electrons. The van der Waals surface area contributed by atoms with Crippen LogP contribution in [0.3, 0.4) is 0 Å².